The lowest BCUT2D eigenvalue weighted by atomic mass is 9.87. The van der Waals surface area contributed by atoms with E-state index in [4.69, 9.17) is 0 Å². The summed E-state index contributed by atoms with van der Waals surface area (Å²) in [6.45, 7) is 8.25. The molecule has 2 rings (SSSR count). The Kier molecular flexibility index (Phi) is 13.4. The van der Waals surface area contributed by atoms with Crippen molar-refractivity contribution in [2.24, 2.45) is 5.92 Å². The standard InChI is InChI=1S/C32H39NO4S/c1-23(2)12-11-13-24(3)18-19-28(30(34)26-14-7-5-8-15-26)25(4)20-21-38-22-29(32(36)37)33-31(35)27-16-9-6-10-17-27/h5-10,12,14-18,20,28-29H,11,13,19,21-22H2,1-4H3,(H,33,35)(H,36,37)/t28?,29-/m0/s1. The Labute approximate surface area is 231 Å². The summed E-state index contributed by atoms with van der Waals surface area (Å²) >= 11 is 1.41. The number of carboxylic acids is 1. The minimum Gasteiger partial charge on any atom is -0.480 e. The molecule has 5 nitrogen and oxygen atoms in total. The molecular weight excluding hydrogens is 494 g/mol. The monoisotopic (exact) mass is 533 g/mol. The highest BCUT2D eigenvalue weighted by molar-refractivity contribution is 7.99. The fraction of sp³-hybridized carbons (Fsp3) is 0.344. The lowest BCUT2D eigenvalue weighted by Crippen LogP contribution is -2.42. The van der Waals surface area contributed by atoms with Crippen molar-refractivity contribution in [2.75, 3.05) is 11.5 Å². The van der Waals surface area contributed by atoms with Gasteiger partial charge < -0.3 is 10.4 Å². The second kappa shape index (κ2) is 16.5. The van der Waals surface area contributed by atoms with Crippen LogP contribution in [0.4, 0.5) is 0 Å². The molecule has 38 heavy (non-hydrogen) atoms. The van der Waals surface area contributed by atoms with Crippen LogP contribution in [-0.4, -0.2) is 40.3 Å². The Hall–Kier alpha value is -3.38. The zero-order valence-electron chi connectivity index (χ0n) is 22.8. The highest BCUT2D eigenvalue weighted by Gasteiger charge is 2.22. The normalized spacial score (nSPS) is 13.4. The fourth-order valence-electron chi connectivity index (χ4n) is 3.84. The van der Waals surface area contributed by atoms with Crippen LogP contribution >= 0.6 is 11.8 Å². The van der Waals surface area contributed by atoms with E-state index >= 15 is 0 Å². The number of amides is 1. The number of aliphatic carboxylic acids is 1. The van der Waals surface area contributed by atoms with Gasteiger partial charge in [0, 0.05) is 28.6 Å². The Morgan fingerprint density at radius 2 is 1.47 bits per heavy atom. The van der Waals surface area contributed by atoms with Crippen LogP contribution in [0.3, 0.4) is 0 Å². The van der Waals surface area contributed by atoms with Gasteiger partial charge in [-0.15, -0.1) is 0 Å². The molecule has 2 aromatic carbocycles. The Bertz CT molecular complexity index is 1150. The van der Waals surface area contributed by atoms with Crippen molar-refractivity contribution in [2.45, 2.75) is 53.0 Å². The second-order valence-corrected chi connectivity index (χ2v) is 10.7. The van der Waals surface area contributed by atoms with Gasteiger partial charge in [-0.3, -0.25) is 9.59 Å². The van der Waals surface area contributed by atoms with Gasteiger partial charge in [-0.2, -0.15) is 11.8 Å². The zero-order valence-corrected chi connectivity index (χ0v) is 23.6. The summed E-state index contributed by atoms with van der Waals surface area (Å²) in [5, 5.41) is 12.2. The van der Waals surface area contributed by atoms with Gasteiger partial charge in [0.1, 0.15) is 6.04 Å². The maximum absolute atomic E-state index is 13.4. The highest BCUT2D eigenvalue weighted by atomic mass is 32.2. The molecule has 0 aromatic heterocycles. The maximum atomic E-state index is 13.4. The maximum Gasteiger partial charge on any atom is 0.327 e. The summed E-state index contributed by atoms with van der Waals surface area (Å²) in [4.78, 5) is 37.5. The third kappa shape index (κ3) is 10.9. The largest absolute Gasteiger partial charge is 0.480 e. The number of rotatable bonds is 15. The van der Waals surface area contributed by atoms with Crippen LogP contribution in [0.15, 0.2) is 95.6 Å². The molecule has 0 saturated carbocycles. The molecule has 0 bridgehead atoms. The minimum atomic E-state index is -1.08. The van der Waals surface area contributed by atoms with Gasteiger partial charge in [-0.25, -0.2) is 4.79 Å². The van der Waals surface area contributed by atoms with E-state index in [9.17, 15) is 19.5 Å². The number of carbonyl (C=O) groups is 3. The fourth-order valence-corrected chi connectivity index (χ4v) is 4.82. The van der Waals surface area contributed by atoms with Crippen LogP contribution in [0.5, 0.6) is 0 Å². The van der Waals surface area contributed by atoms with E-state index in [1.165, 1.54) is 22.9 Å². The van der Waals surface area contributed by atoms with Gasteiger partial charge in [-0.1, -0.05) is 83.5 Å². The number of carboxylic acid groups (broad SMARTS) is 1. The molecule has 0 aliphatic carbocycles. The topological polar surface area (TPSA) is 83.5 Å². The predicted molar refractivity (Wildman–Crippen MR) is 158 cm³/mol. The minimum absolute atomic E-state index is 0.0798. The van der Waals surface area contributed by atoms with Crippen LogP contribution in [0.25, 0.3) is 0 Å². The van der Waals surface area contributed by atoms with Crippen molar-refractivity contribution in [3.05, 3.63) is 107 Å². The molecule has 1 amide bonds. The van der Waals surface area contributed by atoms with E-state index in [-0.39, 0.29) is 17.5 Å². The average Bonchev–Trinajstić information content (AvgIpc) is 2.90. The molecule has 2 atom stereocenters. The third-order valence-electron chi connectivity index (χ3n) is 6.16. The number of thioether (sulfide) groups is 1. The predicted octanol–water partition coefficient (Wildman–Crippen LogP) is 7.13. The smallest absolute Gasteiger partial charge is 0.327 e. The lowest BCUT2D eigenvalue weighted by molar-refractivity contribution is -0.138. The van der Waals surface area contributed by atoms with E-state index in [2.05, 4.69) is 38.2 Å². The summed E-state index contributed by atoms with van der Waals surface area (Å²) in [5.41, 5.74) is 4.62. The molecule has 0 saturated heterocycles. The molecular formula is C32H39NO4S. The van der Waals surface area contributed by atoms with Gasteiger partial charge in [0.2, 0.25) is 0 Å². The van der Waals surface area contributed by atoms with E-state index in [0.29, 0.717) is 23.3 Å². The van der Waals surface area contributed by atoms with E-state index in [1.54, 1.807) is 30.3 Å². The molecule has 0 radical (unpaired) electrons. The van der Waals surface area contributed by atoms with Crippen LogP contribution in [0, 0.1) is 5.92 Å². The zero-order chi connectivity index (χ0) is 27.9. The summed E-state index contributed by atoms with van der Waals surface area (Å²) < 4.78 is 0. The van der Waals surface area contributed by atoms with Crippen LogP contribution < -0.4 is 5.32 Å². The number of benzene rings is 2. The molecule has 2 N–H and O–H groups in total. The van der Waals surface area contributed by atoms with Gasteiger partial charge in [0.25, 0.3) is 5.91 Å². The number of hydrogen-bond donors (Lipinski definition) is 2. The highest BCUT2D eigenvalue weighted by Crippen LogP contribution is 2.24. The van der Waals surface area contributed by atoms with Crippen molar-refractivity contribution < 1.29 is 19.5 Å². The van der Waals surface area contributed by atoms with Gasteiger partial charge >= 0.3 is 5.97 Å². The number of allylic oxidation sites excluding steroid dienone is 5. The lowest BCUT2D eigenvalue weighted by Gasteiger charge is -2.17. The number of nitrogens with one attached hydrogen (secondary N) is 1. The quantitative estimate of drug-likeness (QED) is 0.145. The Morgan fingerprint density at radius 1 is 0.868 bits per heavy atom. The molecule has 0 aliphatic heterocycles. The average molecular weight is 534 g/mol. The number of hydrogen-bond acceptors (Lipinski definition) is 4. The first-order chi connectivity index (χ1) is 18.2. The molecule has 0 fully saturated rings. The molecule has 0 spiro atoms. The van der Waals surface area contributed by atoms with E-state index in [0.717, 1.165) is 18.4 Å². The first-order valence-corrected chi connectivity index (χ1v) is 14.1. The van der Waals surface area contributed by atoms with Crippen LogP contribution in [-0.2, 0) is 4.79 Å². The van der Waals surface area contributed by atoms with Gasteiger partial charge in [0.15, 0.2) is 5.78 Å². The molecule has 202 valence electrons. The Balaban J connectivity index is 2.05. The van der Waals surface area contributed by atoms with Crippen molar-refractivity contribution in [1.82, 2.24) is 5.32 Å². The number of carbonyl (C=O) groups excluding carboxylic acids is 2. The Morgan fingerprint density at radius 3 is 2.05 bits per heavy atom. The summed E-state index contributed by atoms with van der Waals surface area (Å²) in [7, 11) is 0. The summed E-state index contributed by atoms with van der Waals surface area (Å²) in [5.74, 6) is -0.934. The second-order valence-electron chi connectivity index (χ2n) is 9.61. The summed E-state index contributed by atoms with van der Waals surface area (Å²) in [6, 6.07) is 16.9. The SMILES string of the molecule is CC(C)=CCCC(C)=CCC(C(=O)c1ccccc1)C(C)=CCSC[C@H](NC(=O)c1ccccc1)C(=O)O. The molecule has 0 aliphatic rings. The van der Waals surface area contributed by atoms with Crippen LogP contribution in [0.2, 0.25) is 0 Å². The summed E-state index contributed by atoms with van der Waals surface area (Å²) in [6.07, 6.45) is 8.94. The molecule has 0 heterocycles. The number of Topliss-reactive ketones (excluding diaryl/α,β-unsaturated/α-hetero) is 1. The van der Waals surface area contributed by atoms with E-state index < -0.39 is 17.9 Å². The first-order valence-electron chi connectivity index (χ1n) is 12.9. The molecule has 2 aromatic rings. The molecule has 6 heteroatoms. The number of ketones is 1. The van der Waals surface area contributed by atoms with E-state index in [1.807, 2.05) is 43.3 Å². The van der Waals surface area contributed by atoms with Crippen molar-refractivity contribution >= 4 is 29.4 Å². The van der Waals surface area contributed by atoms with Gasteiger partial charge in [0.05, 0.1) is 0 Å². The third-order valence-corrected chi connectivity index (χ3v) is 7.14. The van der Waals surface area contributed by atoms with Crippen LogP contribution in [0.1, 0.15) is 67.7 Å². The van der Waals surface area contributed by atoms with Crippen molar-refractivity contribution in [1.29, 1.82) is 0 Å². The van der Waals surface area contributed by atoms with Gasteiger partial charge in [-0.05, 0) is 59.1 Å². The molecule has 1 unspecified atom stereocenters. The van der Waals surface area contributed by atoms with Crippen molar-refractivity contribution in [3.63, 3.8) is 0 Å². The first kappa shape index (κ1) is 30.8. The van der Waals surface area contributed by atoms with Crippen molar-refractivity contribution in [3.8, 4) is 0 Å².